The molecule has 1 amide bonds. The van der Waals surface area contributed by atoms with Gasteiger partial charge in [0.15, 0.2) is 0 Å². The molecule has 0 aromatic heterocycles. The summed E-state index contributed by atoms with van der Waals surface area (Å²) in [5.74, 6) is 1.42. The van der Waals surface area contributed by atoms with Crippen molar-refractivity contribution in [2.75, 3.05) is 26.2 Å². The standard InChI is InChI=1S/C25H31BrN2O2/c26-23-8-9-24(29)22(16-23)18-27-12-4-7-21(17-27)25(30)28-13-10-20(11-14-28)15-19-5-2-1-3-6-19/h1-3,5-6,8-9,16,20-21,29H,4,7,10-15,17-18H2/t21-/m0/s1. The van der Waals surface area contributed by atoms with Crippen molar-refractivity contribution in [2.45, 2.75) is 38.6 Å². The molecule has 2 saturated heterocycles. The normalized spacial score (nSPS) is 21.0. The second kappa shape index (κ2) is 9.97. The number of halogens is 1. The molecule has 5 heteroatoms. The van der Waals surface area contributed by atoms with E-state index in [-0.39, 0.29) is 5.92 Å². The zero-order valence-electron chi connectivity index (χ0n) is 17.5. The van der Waals surface area contributed by atoms with E-state index in [4.69, 9.17) is 0 Å². The molecule has 4 rings (SSSR count). The Morgan fingerprint density at radius 1 is 1.03 bits per heavy atom. The molecule has 0 spiro atoms. The Balaban J connectivity index is 1.29. The van der Waals surface area contributed by atoms with Gasteiger partial charge in [0.25, 0.3) is 0 Å². The van der Waals surface area contributed by atoms with Gasteiger partial charge in [-0.3, -0.25) is 9.69 Å². The summed E-state index contributed by atoms with van der Waals surface area (Å²) in [5, 5.41) is 10.2. The Kier molecular flexibility index (Phi) is 7.11. The minimum Gasteiger partial charge on any atom is -0.508 e. The number of carbonyl (C=O) groups is 1. The topological polar surface area (TPSA) is 43.8 Å². The van der Waals surface area contributed by atoms with E-state index in [1.807, 2.05) is 12.1 Å². The number of amides is 1. The number of nitrogens with zero attached hydrogens (tertiary/aromatic N) is 2. The van der Waals surface area contributed by atoms with Crippen LogP contribution in [0, 0.1) is 11.8 Å². The molecule has 2 fully saturated rings. The average Bonchev–Trinajstić information content (AvgIpc) is 2.77. The van der Waals surface area contributed by atoms with Crippen LogP contribution in [0.3, 0.4) is 0 Å². The molecule has 1 atom stereocenters. The van der Waals surface area contributed by atoms with Gasteiger partial charge in [-0.15, -0.1) is 0 Å². The van der Waals surface area contributed by atoms with Crippen molar-refractivity contribution in [3.05, 3.63) is 64.1 Å². The molecule has 0 radical (unpaired) electrons. The third kappa shape index (κ3) is 5.44. The minimum atomic E-state index is 0.0821. The summed E-state index contributed by atoms with van der Waals surface area (Å²) in [6.45, 7) is 4.23. The summed E-state index contributed by atoms with van der Waals surface area (Å²) in [4.78, 5) is 17.6. The summed E-state index contributed by atoms with van der Waals surface area (Å²) in [6, 6.07) is 16.2. The van der Waals surface area contributed by atoms with E-state index in [2.05, 4.69) is 56.1 Å². The number of carbonyl (C=O) groups excluding carboxylic acids is 1. The predicted molar refractivity (Wildman–Crippen MR) is 123 cm³/mol. The van der Waals surface area contributed by atoms with Gasteiger partial charge in [-0.1, -0.05) is 46.3 Å². The molecule has 2 aliphatic heterocycles. The van der Waals surface area contributed by atoms with Gasteiger partial charge in [0.1, 0.15) is 5.75 Å². The van der Waals surface area contributed by atoms with Crippen LogP contribution in [-0.4, -0.2) is 47.0 Å². The lowest BCUT2D eigenvalue weighted by molar-refractivity contribution is -0.138. The number of aromatic hydroxyl groups is 1. The summed E-state index contributed by atoms with van der Waals surface area (Å²) < 4.78 is 0.971. The maximum atomic E-state index is 13.2. The second-order valence-corrected chi connectivity index (χ2v) is 9.72. The summed E-state index contributed by atoms with van der Waals surface area (Å²) in [5.41, 5.74) is 2.32. The maximum Gasteiger partial charge on any atom is 0.226 e. The van der Waals surface area contributed by atoms with Gasteiger partial charge in [0, 0.05) is 36.2 Å². The molecule has 160 valence electrons. The van der Waals surface area contributed by atoms with Crippen LogP contribution in [0.1, 0.15) is 36.8 Å². The van der Waals surface area contributed by atoms with E-state index < -0.39 is 0 Å². The lowest BCUT2D eigenvalue weighted by atomic mass is 9.89. The van der Waals surface area contributed by atoms with Gasteiger partial charge >= 0.3 is 0 Å². The molecule has 2 aromatic carbocycles. The van der Waals surface area contributed by atoms with Crippen LogP contribution in [0.2, 0.25) is 0 Å². The lowest BCUT2D eigenvalue weighted by Gasteiger charge is -2.38. The quantitative estimate of drug-likeness (QED) is 0.678. The number of phenolic OH excluding ortho intramolecular Hbond substituents is 1. The second-order valence-electron chi connectivity index (χ2n) is 8.81. The van der Waals surface area contributed by atoms with Crippen molar-refractivity contribution in [3.63, 3.8) is 0 Å². The smallest absolute Gasteiger partial charge is 0.226 e. The van der Waals surface area contributed by atoms with Crippen LogP contribution < -0.4 is 0 Å². The summed E-state index contributed by atoms with van der Waals surface area (Å²) >= 11 is 3.48. The molecule has 0 unspecified atom stereocenters. The van der Waals surface area contributed by atoms with Crippen LogP contribution in [0.25, 0.3) is 0 Å². The number of hydrogen-bond donors (Lipinski definition) is 1. The monoisotopic (exact) mass is 470 g/mol. The van der Waals surface area contributed by atoms with Gasteiger partial charge in [0.2, 0.25) is 5.91 Å². The highest BCUT2D eigenvalue weighted by Gasteiger charge is 2.31. The fraction of sp³-hybridized carbons (Fsp3) is 0.480. The van der Waals surface area contributed by atoms with Crippen LogP contribution >= 0.6 is 15.9 Å². The third-order valence-corrected chi connectivity index (χ3v) is 7.08. The van der Waals surface area contributed by atoms with E-state index in [9.17, 15) is 9.90 Å². The van der Waals surface area contributed by atoms with Crippen molar-refractivity contribution in [3.8, 4) is 5.75 Å². The third-order valence-electron chi connectivity index (χ3n) is 6.58. The van der Waals surface area contributed by atoms with E-state index >= 15 is 0 Å². The molecule has 0 bridgehead atoms. The van der Waals surface area contributed by atoms with Crippen LogP contribution in [0.5, 0.6) is 5.75 Å². The fourth-order valence-electron chi connectivity index (χ4n) is 4.89. The minimum absolute atomic E-state index is 0.0821. The van der Waals surface area contributed by atoms with Crippen molar-refractivity contribution in [1.29, 1.82) is 0 Å². The molecule has 2 heterocycles. The number of hydrogen-bond acceptors (Lipinski definition) is 3. The number of phenols is 1. The first kappa shape index (κ1) is 21.4. The zero-order valence-corrected chi connectivity index (χ0v) is 19.1. The highest BCUT2D eigenvalue weighted by Crippen LogP contribution is 2.28. The Bertz CT molecular complexity index is 849. The number of piperidine rings is 2. The van der Waals surface area contributed by atoms with E-state index in [0.29, 0.717) is 24.1 Å². The first-order valence-electron chi connectivity index (χ1n) is 11.1. The predicted octanol–water partition coefficient (Wildman–Crippen LogP) is 4.85. The van der Waals surface area contributed by atoms with Crippen molar-refractivity contribution in [2.24, 2.45) is 11.8 Å². The van der Waals surface area contributed by atoms with Crippen molar-refractivity contribution >= 4 is 21.8 Å². The molecular weight excluding hydrogens is 440 g/mol. The Morgan fingerprint density at radius 2 is 1.80 bits per heavy atom. The molecular formula is C25H31BrN2O2. The molecule has 4 nitrogen and oxygen atoms in total. The molecule has 30 heavy (non-hydrogen) atoms. The lowest BCUT2D eigenvalue weighted by Crippen LogP contribution is -2.47. The number of benzene rings is 2. The van der Waals surface area contributed by atoms with Gasteiger partial charge in [-0.2, -0.15) is 0 Å². The summed E-state index contributed by atoms with van der Waals surface area (Å²) in [6.07, 6.45) is 5.33. The zero-order chi connectivity index (χ0) is 20.9. The van der Waals surface area contributed by atoms with Crippen LogP contribution in [0.15, 0.2) is 53.0 Å². The number of likely N-dealkylation sites (tertiary alicyclic amines) is 2. The van der Waals surface area contributed by atoms with E-state index in [1.165, 1.54) is 5.56 Å². The van der Waals surface area contributed by atoms with E-state index in [0.717, 1.165) is 68.3 Å². The largest absolute Gasteiger partial charge is 0.508 e. The molecule has 0 aliphatic carbocycles. The summed E-state index contributed by atoms with van der Waals surface area (Å²) in [7, 11) is 0. The highest BCUT2D eigenvalue weighted by molar-refractivity contribution is 9.10. The maximum absolute atomic E-state index is 13.2. The SMILES string of the molecule is O=C([C@H]1CCCN(Cc2cc(Br)ccc2O)C1)N1CCC(Cc2ccccc2)CC1. The fourth-order valence-corrected chi connectivity index (χ4v) is 5.29. The van der Waals surface area contributed by atoms with Gasteiger partial charge in [-0.05, 0) is 68.3 Å². The molecule has 0 saturated carbocycles. The van der Waals surface area contributed by atoms with Crippen LogP contribution in [0.4, 0.5) is 0 Å². The molecule has 2 aliphatic rings. The Hall–Kier alpha value is -1.85. The van der Waals surface area contributed by atoms with Gasteiger partial charge in [0.05, 0.1) is 5.92 Å². The highest BCUT2D eigenvalue weighted by atomic mass is 79.9. The Morgan fingerprint density at radius 3 is 2.57 bits per heavy atom. The number of rotatable bonds is 5. The average molecular weight is 471 g/mol. The molecule has 2 aromatic rings. The Labute approximate surface area is 188 Å². The van der Waals surface area contributed by atoms with Gasteiger partial charge < -0.3 is 10.0 Å². The van der Waals surface area contributed by atoms with Crippen LogP contribution in [-0.2, 0) is 17.8 Å². The van der Waals surface area contributed by atoms with E-state index in [1.54, 1.807) is 6.07 Å². The molecule has 1 N–H and O–H groups in total. The first-order chi connectivity index (χ1) is 14.6. The van der Waals surface area contributed by atoms with Crippen molar-refractivity contribution in [1.82, 2.24) is 9.80 Å². The van der Waals surface area contributed by atoms with Crippen molar-refractivity contribution < 1.29 is 9.90 Å². The first-order valence-corrected chi connectivity index (χ1v) is 11.9. The van der Waals surface area contributed by atoms with Gasteiger partial charge in [-0.25, -0.2) is 0 Å².